The van der Waals surface area contributed by atoms with Gasteiger partial charge in [-0.1, -0.05) is 76.8 Å². The molecule has 1 aromatic carbocycles. The Morgan fingerprint density at radius 2 is 1.42 bits per heavy atom. The fourth-order valence-corrected chi connectivity index (χ4v) is 3.41. The third-order valence-electron chi connectivity index (χ3n) is 5.04. The van der Waals surface area contributed by atoms with Gasteiger partial charge in [0, 0.05) is 5.69 Å². The molecule has 0 aliphatic carbocycles. The molecule has 208 valence electrons. The highest BCUT2D eigenvalue weighted by molar-refractivity contribution is 7.46. The van der Waals surface area contributed by atoms with Gasteiger partial charge < -0.3 is 25.9 Å². The van der Waals surface area contributed by atoms with Gasteiger partial charge in [-0.05, 0) is 30.5 Å². The predicted octanol–water partition coefficient (Wildman–Crippen LogP) is 5.16. The van der Waals surface area contributed by atoms with Gasteiger partial charge in [-0.15, -0.1) is 0 Å². The lowest BCUT2D eigenvalue weighted by Crippen LogP contribution is -2.39. The fraction of sp³-hybridized carbons (Fsp3) is 0.652. The minimum atomic E-state index is -5.08. The first kappa shape index (κ1) is 34.0. The van der Waals surface area contributed by atoms with Crippen LogP contribution in [0.25, 0.3) is 0 Å². The highest BCUT2D eigenvalue weighted by Crippen LogP contribution is 2.35. The summed E-state index contributed by atoms with van der Waals surface area (Å²) in [4.78, 5) is 38.1. The molecule has 0 radical (unpaired) electrons. The lowest BCUT2D eigenvalue weighted by molar-refractivity contribution is -0.192. The quantitative estimate of drug-likeness (QED) is 0.142. The third kappa shape index (κ3) is 19.2. The number of carboxylic acid groups (broad SMARTS) is 1. The highest BCUT2D eigenvalue weighted by atomic mass is 31.2. The van der Waals surface area contributed by atoms with Gasteiger partial charge in [-0.2, -0.15) is 13.2 Å². The summed E-state index contributed by atoms with van der Waals surface area (Å²) in [6, 6.07) is 6.40. The van der Waals surface area contributed by atoms with Crippen molar-refractivity contribution in [3.05, 3.63) is 29.8 Å². The molecule has 6 N–H and O–H groups in total. The van der Waals surface area contributed by atoms with Crippen molar-refractivity contribution in [2.45, 2.75) is 89.8 Å². The van der Waals surface area contributed by atoms with Crippen LogP contribution in [0.4, 0.5) is 18.9 Å². The predicted molar refractivity (Wildman–Crippen MR) is 130 cm³/mol. The summed E-state index contributed by atoms with van der Waals surface area (Å²) in [5, 5.41) is 9.74. The van der Waals surface area contributed by atoms with Crippen molar-refractivity contribution in [3.63, 3.8) is 0 Å². The number of carboxylic acids is 1. The molecule has 0 aliphatic heterocycles. The van der Waals surface area contributed by atoms with Crippen molar-refractivity contribution in [2.75, 3.05) is 11.9 Å². The fourth-order valence-electron chi connectivity index (χ4n) is 3.06. The number of halogens is 3. The Labute approximate surface area is 209 Å². The van der Waals surface area contributed by atoms with E-state index in [1.807, 2.05) is 12.1 Å². The first-order valence-corrected chi connectivity index (χ1v) is 13.4. The van der Waals surface area contributed by atoms with Crippen LogP contribution in [0.1, 0.15) is 76.7 Å². The topological polar surface area (TPSA) is 159 Å². The molecular weight excluding hydrogens is 504 g/mol. The third-order valence-corrected chi connectivity index (χ3v) is 5.53. The Bertz CT molecular complexity index is 802. The minimum Gasteiger partial charge on any atom is -0.475 e. The Morgan fingerprint density at radius 1 is 0.972 bits per heavy atom. The summed E-state index contributed by atoms with van der Waals surface area (Å²) < 4.78 is 46.6. The number of rotatable bonds is 16. The number of phosphoric acid groups is 1. The summed E-state index contributed by atoms with van der Waals surface area (Å²) >= 11 is 0. The summed E-state index contributed by atoms with van der Waals surface area (Å²) in [7, 11) is -4.63. The number of aryl methyl sites for hydroxylation is 1. The number of anilines is 1. The maximum absolute atomic E-state index is 11.9. The molecule has 1 atom stereocenters. The molecular formula is C23H38F3N2O7P. The van der Waals surface area contributed by atoms with Crippen LogP contribution < -0.4 is 11.1 Å². The Balaban J connectivity index is 0.00000152. The molecule has 0 aromatic heterocycles. The second-order valence-corrected chi connectivity index (χ2v) is 9.55. The largest absolute Gasteiger partial charge is 0.490 e. The van der Waals surface area contributed by atoms with Crippen molar-refractivity contribution in [1.29, 1.82) is 0 Å². The number of nitrogens with two attached hydrogens (primary N) is 1. The van der Waals surface area contributed by atoms with Crippen molar-refractivity contribution in [2.24, 2.45) is 5.73 Å². The molecule has 13 heteroatoms. The minimum absolute atomic E-state index is 0.549. The summed E-state index contributed by atoms with van der Waals surface area (Å²) in [6.07, 6.45) is 9.06. The number of unbranched alkanes of at least 4 members (excludes halogenated alkanes) is 9. The van der Waals surface area contributed by atoms with Crippen LogP contribution in [0.5, 0.6) is 0 Å². The number of alkyl halides is 3. The molecule has 1 aromatic rings. The average Bonchev–Trinajstić information content (AvgIpc) is 2.79. The van der Waals surface area contributed by atoms with Crippen molar-refractivity contribution < 1.29 is 46.7 Å². The molecule has 0 saturated carbocycles. The molecule has 1 amide bonds. The van der Waals surface area contributed by atoms with E-state index in [0.717, 1.165) is 12.8 Å². The van der Waals surface area contributed by atoms with Gasteiger partial charge in [-0.25, -0.2) is 9.36 Å². The molecule has 9 nitrogen and oxygen atoms in total. The second kappa shape index (κ2) is 18.3. The van der Waals surface area contributed by atoms with E-state index < -0.39 is 38.5 Å². The molecule has 0 fully saturated rings. The first-order valence-electron chi connectivity index (χ1n) is 11.9. The van der Waals surface area contributed by atoms with E-state index in [4.69, 9.17) is 25.4 Å². The van der Waals surface area contributed by atoms with Crippen LogP contribution in [-0.4, -0.2) is 45.6 Å². The monoisotopic (exact) mass is 542 g/mol. The van der Waals surface area contributed by atoms with Gasteiger partial charge in [0.1, 0.15) is 6.04 Å². The Hall–Kier alpha value is -1.98. The van der Waals surface area contributed by atoms with E-state index in [0.29, 0.717) is 5.69 Å². The summed E-state index contributed by atoms with van der Waals surface area (Å²) in [6.45, 7) is 1.70. The standard InChI is InChI=1S/C21H37N2O5P.C2HF3O2/c1-2-3-4-5-6-7-8-9-10-11-12-18-13-15-19(16-14-18)23-21(24)20(22)17-28-29(25,26)27;3-2(4,5)1(6)7/h13-16,20H,2-12,17,22H2,1H3,(H,23,24)(H2,25,26,27);(H,6,7)/t20-;/m1./s1. The molecule has 1 rings (SSSR count). The molecule has 0 saturated heterocycles. The Kier molecular flexibility index (Phi) is 17.3. The van der Waals surface area contributed by atoms with E-state index in [9.17, 15) is 22.5 Å². The number of hydrogen-bond donors (Lipinski definition) is 5. The number of amides is 1. The SMILES string of the molecule is CCCCCCCCCCCCc1ccc(NC(=O)[C@H](N)COP(=O)(O)O)cc1.O=C(O)C(F)(F)F. The van der Waals surface area contributed by atoms with Crippen molar-refractivity contribution in [3.8, 4) is 0 Å². The number of hydrogen-bond acceptors (Lipinski definition) is 5. The summed E-state index contributed by atoms with van der Waals surface area (Å²) in [5.74, 6) is -3.31. The lowest BCUT2D eigenvalue weighted by Gasteiger charge is -2.13. The van der Waals surface area contributed by atoms with Crippen LogP contribution in [0.2, 0.25) is 0 Å². The van der Waals surface area contributed by atoms with Gasteiger partial charge in [0.25, 0.3) is 0 Å². The number of aliphatic carboxylic acids is 1. The molecule has 36 heavy (non-hydrogen) atoms. The van der Waals surface area contributed by atoms with Gasteiger partial charge in [-0.3, -0.25) is 9.32 Å². The van der Waals surface area contributed by atoms with Crippen molar-refractivity contribution in [1.82, 2.24) is 0 Å². The smallest absolute Gasteiger partial charge is 0.475 e. The van der Waals surface area contributed by atoms with E-state index in [1.54, 1.807) is 12.1 Å². The van der Waals surface area contributed by atoms with E-state index in [2.05, 4.69) is 16.8 Å². The van der Waals surface area contributed by atoms with Crippen LogP contribution >= 0.6 is 7.82 Å². The maximum atomic E-state index is 11.9. The molecule has 0 bridgehead atoms. The highest BCUT2D eigenvalue weighted by Gasteiger charge is 2.38. The molecule has 0 spiro atoms. The zero-order valence-corrected chi connectivity index (χ0v) is 21.4. The number of carbonyl (C=O) groups is 2. The van der Waals surface area contributed by atoms with E-state index in [1.165, 1.54) is 63.4 Å². The van der Waals surface area contributed by atoms with Crippen LogP contribution in [0.3, 0.4) is 0 Å². The van der Waals surface area contributed by atoms with Gasteiger partial charge in [0.05, 0.1) is 6.61 Å². The van der Waals surface area contributed by atoms with Crippen molar-refractivity contribution >= 4 is 25.4 Å². The Morgan fingerprint density at radius 3 is 1.83 bits per heavy atom. The number of phosphoric ester groups is 1. The average molecular weight is 543 g/mol. The van der Waals surface area contributed by atoms with Crippen LogP contribution in [0, 0.1) is 0 Å². The van der Waals surface area contributed by atoms with Gasteiger partial charge in [0.2, 0.25) is 5.91 Å². The van der Waals surface area contributed by atoms with Crippen LogP contribution in [0.15, 0.2) is 24.3 Å². The first-order chi connectivity index (χ1) is 16.8. The normalized spacial score (nSPS) is 12.4. The number of benzene rings is 1. The van der Waals surface area contributed by atoms with Gasteiger partial charge >= 0.3 is 20.0 Å². The molecule has 0 unspecified atom stereocenters. The van der Waals surface area contributed by atoms with Crippen LogP contribution in [-0.2, 0) is 25.1 Å². The van der Waals surface area contributed by atoms with E-state index >= 15 is 0 Å². The molecule has 0 heterocycles. The maximum Gasteiger partial charge on any atom is 0.490 e. The zero-order chi connectivity index (χ0) is 27.6. The second-order valence-electron chi connectivity index (χ2n) is 8.31. The number of carbonyl (C=O) groups excluding carboxylic acids is 1. The molecule has 0 aliphatic rings. The zero-order valence-electron chi connectivity index (χ0n) is 20.5. The van der Waals surface area contributed by atoms with Gasteiger partial charge in [0.15, 0.2) is 0 Å². The lowest BCUT2D eigenvalue weighted by atomic mass is 10.0. The summed E-state index contributed by atoms with van der Waals surface area (Å²) in [5.41, 5.74) is 7.38. The number of nitrogens with one attached hydrogen (secondary N) is 1. The van der Waals surface area contributed by atoms with E-state index in [-0.39, 0.29) is 0 Å².